The summed E-state index contributed by atoms with van der Waals surface area (Å²) in [7, 11) is 0. The molecule has 19 heavy (non-hydrogen) atoms. The van der Waals surface area contributed by atoms with Crippen LogP contribution in [0.25, 0.3) is 0 Å². The smallest absolute Gasteiger partial charge is 0.305 e. The highest BCUT2D eigenvalue weighted by Gasteiger charge is 2.33. The highest BCUT2D eigenvalue weighted by Crippen LogP contribution is 2.42. The Bertz CT molecular complexity index is 341. The first kappa shape index (κ1) is 16.2. The minimum absolute atomic E-state index is 0.207. The number of aldehydes is 1. The molecule has 0 amide bonds. The maximum atomic E-state index is 10.7. The zero-order chi connectivity index (χ0) is 14.4. The van der Waals surface area contributed by atoms with E-state index in [1.54, 1.807) is 0 Å². The van der Waals surface area contributed by atoms with Gasteiger partial charge >= 0.3 is 5.97 Å². The second kappa shape index (κ2) is 7.67. The van der Waals surface area contributed by atoms with Gasteiger partial charge in [-0.1, -0.05) is 26.0 Å². The standard InChI is InChI=1S/C13H22N2O3S/c1-8-12(9(2)19-8)4-3-10(14)6-15-11(7-16)5-13(17)18/h3-4,7-12,15H,5-6,14H2,1-2H3,(H,17,18)/b4-3+/t8?,9?,10?,11-,12?/m0/s1. The number of carboxylic acid groups (broad SMARTS) is 1. The fourth-order valence-electron chi connectivity index (χ4n) is 2.11. The molecule has 4 atom stereocenters. The molecular formula is C13H22N2O3S. The molecule has 0 aromatic carbocycles. The fourth-order valence-corrected chi connectivity index (χ4v) is 3.53. The summed E-state index contributed by atoms with van der Waals surface area (Å²) in [5, 5.41) is 12.7. The van der Waals surface area contributed by atoms with Crippen molar-refractivity contribution in [2.24, 2.45) is 11.7 Å². The summed E-state index contributed by atoms with van der Waals surface area (Å²) in [6, 6.07) is -0.879. The van der Waals surface area contributed by atoms with Crippen LogP contribution in [0.4, 0.5) is 0 Å². The van der Waals surface area contributed by atoms with Crippen LogP contribution >= 0.6 is 11.8 Å². The molecule has 1 aliphatic heterocycles. The number of aliphatic carboxylic acids is 1. The average molecular weight is 286 g/mol. The number of thioether (sulfide) groups is 1. The lowest BCUT2D eigenvalue weighted by Gasteiger charge is -2.38. The molecule has 108 valence electrons. The van der Waals surface area contributed by atoms with Gasteiger partial charge in [-0.05, 0) is 0 Å². The van der Waals surface area contributed by atoms with Crippen LogP contribution in [0.5, 0.6) is 0 Å². The van der Waals surface area contributed by atoms with Crippen molar-refractivity contribution in [1.29, 1.82) is 0 Å². The Labute approximate surface area is 118 Å². The van der Waals surface area contributed by atoms with E-state index in [1.165, 1.54) is 0 Å². The molecule has 0 bridgehead atoms. The minimum Gasteiger partial charge on any atom is -0.481 e. The molecule has 1 saturated heterocycles. The largest absolute Gasteiger partial charge is 0.481 e. The average Bonchev–Trinajstić information content (AvgIpc) is 2.34. The van der Waals surface area contributed by atoms with Crippen LogP contribution in [0.3, 0.4) is 0 Å². The van der Waals surface area contributed by atoms with Gasteiger partial charge in [-0.15, -0.1) is 0 Å². The van der Waals surface area contributed by atoms with Crippen LogP contribution in [0.2, 0.25) is 0 Å². The van der Waals surface area contributed by atoms with Gasteiger partial charge in [-0.3, -0.25) is 4.79 Å². The number of hydrogen-bond donors (Lipinski definition) is 3. The highest BCUT2D eigenvalue weighted by atomic mass is 32.2. The number of carbonyl (C=O) groups is 2. The van der Waals surface area contributed by atoms with Gasteiger partial charge in [0.05, 0.1) is 12.5 Å². The molecular weight excluding hydrogens is 264 g/mol. The number of carbonyl (C=O) groups excluding carboxylic acids is 1. The van der Waals surface area contributed by atoms with E-state index in [0.29, 0.717) is 29.2 Å². The van der Waals surface area contributed by atoms with Gasteiger partial charge in [0.2, 0.25) is 0 Å². The van der Waals surface area contributed by atoms with Gasteiger partial charge in [-0.2, -0.15) is 11.8 Å². The predicted molar refractivity (Wildman–Crippen MR) is 77.2 cm³/mol. The molecule has 3 unspecified atom stereocenters. The molecule has 1 fully saturated rings. The third kappa shape index (κ3) is 5.34. The zero-order valence-corrected chi connectivity index (χ0v) is 12.1. The molecule has 0 spiro atoms. The Hall–Kier alpha value is -0.850. The van der Waals surface area contributed by atoms with E-state index in [0.717, 1.165) is 0 Å². The van der Waals surface area contributed by atoms with E-state index in [-0.39, 0.29) is 12.5 Å². The lowest BCUT2D eigenvalue weighted by molar-refractivity contribution is -0.138. The van der Waals surface area contributed by atoms with E-state index >= 15 is 0 Å². The van der Waals surface area contributed by atoms with Crippen LogP contribution in [-0.2, 0) is 9.59 Å². The fraction of sp³-hybridized carbons (Fsp3) is 0.692. The lowest BCUT2D eigenvalue weighted by atomic mass is 9.99. The Morgan fingerprint density at radius 1 is 1.47 bits per heavy atom. The number of rotatable bonds is 8. The first-order valence-electron chi connectivity index (χ1n) is 6.44. The van der Waals surface area contributed by atoms with Crippen molar-refractivity contribution < 1.29 is 14.7 Å². The number of nitrogens with two attached hydrogens (primary N) is 1. The molecule has 0 radical (unpaired) electrons. The van der Waals surface area contributed by atoms with Crippen molar-refractivity contribution in [3.8, 4) is 0 Å². The Kier molecular flexibility index (Phi) is 6.54. The second-order valence-electron chi connectivity index (χ2n) is 4.92. The van der Waals surface area contributed by atoms with Crippen molar-refractivity contribution in [2.45, 2.75) is 42.9 Å². The Morgan fingerprint density at radius 3 is 2.58 bits per heavy atom. The monoisotopic (exact) mass is 286 g/mol. The molecule has 4 N–H and O–H groups in total. The summed E-state index contributed by atoms with van der Waals surface area (Å²) >= 11 is 1.95. The van der Waals surface area contributed by atoms with Gasteiger partial charge in [0.25, 0.3) is 0 Å². The van der Waals surface area contributed by atoms with Crippen molar-refractivity contribution >= 4 is 24.0 Å². The number of hydrogen-bond acceptors (Lipinski definition) is 5. The summed E-state index contributed by atoms with van der Waals surface area (Å²) in [5.74, 6) is -0.445. The number of nitrogens with one attached hydrogen (secondary N) is 1. The topological polar surface area (TPSA) is 92.4 Å². The molecule has 0 aromatic heterocycles. The second-order valence-corrected chi connectivity index (χ2v) is 6.68. The third-order valence-corrected chi connectivity index (χ3v) is 4.76. The maximum Gasteiger partial charge on any atom is 0.305 e. The Morgan fingerprint density at radius 2 is 2.11 bits per heavy atom. The molecule has 0 aromatic rings. The van der Waals surface area contributed by atoms with Crippen molar-refractivity contribution in [1.82, 2.24) is 5.32 Å². The van der Waals surface area contributed by atoms with Gasteiger partial charge in [0, 0.05) is 29.0 Å². The van der Waals surface area contributed by atoms with Gasteiger partial charge in [-0.25, -0.2) is 0 Å². The van der Waals surface area contributed by atoms with Crippen LogP contribution in [0.1, 0.15) is 20.3 Å². The highest BCUT2D eigenvalue weighted by molar-refractivity contribution is 8.01. The van der Waals surface area contributed by atoms with E-state index in [4.69, 9.17) is 10.8 Å². The molecule has 0 aliphatic carbocycles. The van der Waals surface area contributed by atoms with E-state index in [1.807, 2.05) is 17.8 Å². The van der Waals surface area contributed by atoms with Crippen LogP contribution in [-0.4, -0.2) is 46.5 Å². The number of allylic oxidation sites excluding steroid dienone is 1. The van der Waals surface area contributed by atoms with Crippen molar-refractivity contribution in [3.63, 3.8) is 0 Å². The summed E-state index contributed by atoms with van der Waals surface area (Å²) in [6.45, 7) is 4.78. The quantitative estimate of drug-likeness (QED) is 0.448. The summed E-state index contributed by atoms with van der Waals surface area (Å²) in [4.78, 5) is 21.2. The lowest BCUT2D eigenvalue weighted by Crippen LogP contribution is -2.41. The van der Waals surface area contributed by atoms with Gasteiger partial charge in [0.1, 0.15) is 6.29 Å². The molecule has 1 aliphatic rings. The molecule has 1 rings (SSSR count). The summed E-state index contributed by atoms with van der Waals surface area (Å²) in [6.07, 6.45) is 4.46. The first-order chi connectivity index (χ1) is 8.93. The molecule has 0 saturated carbocycles. The van der Waals surface area contributed by atoms with Gasteiger partial charge < -0.3 is 21.0 Å². The molecule has 1 heterocycles. The normalized spacial score (nSPS) is 29.7. The van der Waals surface area contributed by atoms with Crippen LogP contribution < -0.4 is 11.1 Å². The van der Waals surface area contributed by atoms with Gasteiger partial charge in [0.15, 0.2) is 0 Å². The molecule has 6 heteroatoms. The number of carboxylic acids is 1. The Balaban J connectivity index is 2.30. The van der Waals surface area contributed by atoms with E-state index in [9.17, 15) is 9.59 Å². The van der Waals surface area contributed by atoms with Crippen LogP contribution in [0.15, 0.2) is 12.2 Å². The van der Waals surface area contributed by atoms with Crippen molar-refractivity contribution in [3.05, 3.63) is 12.2 Å². The summed E-state index contributed by atoms with van der Waals surface area (Å²) < 4.78 is 0. The minimum atomic E-state index is -0.997. The zero-order valence-electron chi connectivity index (χ0n) is 11.3. The van der Waals surface area contributed by atoms with Crippen molar-refractivity contribution in [2.75, 3.05) is 6.54 Å². The summed E-state index contributed by atoms with van der Waals surface area (Å²) in [5.41, 5.74) is 5.91. The third-order valence-electron chi connectivity index (χ3n) is 3.27. The SMILES string of the molecule is CC1SC(C)C1/C=C/C(N)CN[C@H](C=O)CC(=O)O. The first-order valence-corrected chi connectivity index (χ1v) is 7.38. The van der Waals surface area contributed by atoms with E-state index < -0.39 is 12.0 Å². The maximum absolute atomic E-state index is 10.7. The van der Waals surface area contributed by atoms with E-state index in [2.05, 4.69) is 25.2 Å². The molecule has 5 nitrogen and oxygen atoms in total. The predicted octanol–water partition coefficient (Wildman–Crippen LogP) is 0.642. The van der Waals surface area contributed by atoms with Crippen LogP contribution in [0, 0.1) is 5.92 Å².